The number of nitrogens with two attached hydrogens (primary N) is 1. The van der Waals surface area contributed by atoms with Crippen LogP contribution in [0, 0.1) is 6.92 Å². The number of aryl methyl sites for hydroxylation is 1. The number of anilines is 2. The van der Waals surface area contributed by atoms with Crippen LogP contribution in [0.1, 0.15) is 18.9 Å². The first-order chi connectivity index (χ1) is 7.44. The number of benzene rings is 1. The van der Waals surface area contributed by atoms with Gasteiger partial charge in [-0.1, -0.05) is 13.0 Å². The maximum Gasteiger partial charge on any atom is 0.299 e. The Kier molecular flexibility index (Phi) is 4.14. The largest absolute Gasteiger partial charge is 0.399 e. The van der Waals surface area contributed by atoms with Crippen LogP contribution >= 0.6 is 0 Å². The minimum absolute atomic E-state index is 0.413. The summed E-state index contributed by atoms with van der Waals surface area (Å²) in [6.07, 6.45) is 0.747. The molecule has 0 saturated carbocycles. The molecule has 0 aliphatic carbocycles. The van der Waals surface area contributed by atoms with E-state index in [0.29, 0.717) is 17.9 Å². The molecule has 0 radical (unpaired) electrons. The molecule has 0 heterocycles. The van der Waals surface area contributed by atoms with Gasteiger partial charge in [-0.25, -0.2) is 0 Å². The van der Waals surface area contributed by atoms with Gasteiger partial charge in [0, 0.05) is 12.2 Å². The lowest BCUT2D eigenvalue weighted by Crippen LogP contribution is -2.30. The van der Waals surface area contributed by atoms with E-state index >= 15 is 0 Å². The van der Waals surface area contributed by atoms with E-state index in [0.717, 1.165) is 12.0 Å². The van der Waals surface area contributed by atoms with Crippen molar-refractivity contribution >= 4 is 21.6 Å². The summed E-state index contributed by atoms with van der Waals surface area (Å²) in [5.41, 5.74) is 7.45. The maximum atomic E-state index is 11.6. The molecular weight excluding hydrogens is 226 g/mol. The molecule has 0 unspecified atom stereocenters. The van der Waals surface area contributed by atoms with Gasteiger partial charge >= 0.3 is 0 Å². The average molecular weight is 243 g/mol. The fourth-order valence-electron chi connectivity index (χ4n) is 1.17. The summed E-state index contributed by atoms with van der Waals surface area (Å²) < 4.78 is 28.0. The monoisotopic (exact) mass is 243 g/mol. The molecular formula is C10H17N3O2S. The van der Waals surface area contributed by atoms with Crippen LogP contribution in [0.2, 0.25) is 0 Å². The third kappa shape index (κ3) is 3.71. The molecule has 5 nitrogen and oxygen atoms in total. The first-order valence-electron chi connectivity index (χ1n) is 5.08. The zero-order valence-corrected chi connectivity index (χ0v) is 10.3. The van der Waals surface area contributed by atoms with Gasteiger partial charge in [-0.3, -0.25) is 4.72 Å². The second-order valence-corrected chi connectivity index (χ2v) is 5.07. The van der Waals surface area contributed by atoms with E-state index in [-0.39, 0.29) is 0 Å². The predicted molar refractivity (Wildman–Crippen MR) is 66.4 cm³/mol. The fraction of sp³-hybridized carbons (Fsp3) is 0.400. The number of nitrogens with one attached hydrogen (secondary N) is 2. The quantitative estimate of drug-likeness (QED) is 0.680. The van der Waals surface area contributed by atoms with Crippen LogP contribution in [0.4, 0.5) is 11.4 Å². The smallest absolute Gasteiger partial charge is 0.299 e. The van der Waals surface area contributed by atoms with Gasteiger partial charge in [0.2, 0.25) is 0 Å². The fourth-order valence-corrected chi connectivity index (χ4v) is 2.22. The van der Waals surface area contributed by atoms with E-state index < -0.39 is 10.2 Å². The topological polar surface area (TPSA) is 84.2 Å². The Morgan fingerprint density at radius 2 is 2.06 bits per heavy atom. The standard InChI is InChI=1S/C10H17N3O2S/c1-3-6-12-16(14,15)13-10-7-9(11)5-4-8(10)2/h4-5,7,12-13H,3,6,11H2,1-2H3. The van der Waals surface area contributed by atoms with Crippen LogP contribution < -0.4 is 15.2 Å². The summed E-state index contributed by atoms with van der Waals surface area (Å²) in [4.78, 5) is 0. The highest BCUT2D eigenvalue weighted by Crippen LogP contribution is 2.18. The molecule has 1 aromatic carbocycles. The van der Waals surface area contributed by atoms with Crippen LogP contribution in [0.5, 0.6) is 0 Å². The van der Waals surface area contributed by atoms with Crippen LogP contribution in [-0.4, -0.2) is 15.0 Å². The van der Waals surface area contributed by atoms with Gasteiger partial charge in [-0.2, -0.15) is 13.1 Å². The lowest BCUT2D eigenvalue weighted by Gasteiger charge is -2.11. The maximum absolute atomic E-state index is 11.6. The third-order valence-electron chi connectivity index (χ3n) is 2.05. The number of hydrogen-bond acceptors (Lipinski definition) is 3. The normalized spacial score (nSPS) is 11.4. The molecule has 0 aliphatic rings. The van der Waals surface area contributed by atoms with Crippen LogP contribution in [-0.2, 0) is 10.2 Å². The van der Waals surface area contributed by atoms with Crippen molar-refractivity contribution in [1.29, 1.82) is 0 Å². The van der Waals surface area contributed by atoms with Gasteiger partial charge in [-0.05, 0) is 31.0 Å². The molecule has 0 aromatic heterocycles. The van der Waals surface area contributed by atoms with Gasteiger partial charge in [0.05, 0.1) is 5.69 Å². The minimum atomic E-state index is -3.49. The summed E-state index contributed by atoms with van der Waals surface area (Å²) in [6.45, 7) is 4.13. The molecule has 0 bridgehead atoms. The minimum Gasteiger partial charge on any atom is -0.399 e. The van der Waals surface area contributed by atoms with E-state index in [2.05, 4.69) is 9.44 Å². The summed E-state index contributed by atoms with van der Waals surface area (Å²) in [5.74, 6) is 0. The Bertz CT molecular complexity index is 457. The lowest BCUT2D eigenvalue weighted by molar-refractivity contribution is 0.586. The van der Waals surface area contributed by atoms with Crippen molar-refractivity contribution < 1.29 is 8.42 Å². The molecule has 0 atom stereocenters. The van der Waals surface area contributed by atoms with E-state index in [1.54, 1.807) is 18.2 Å². The molecule has 0 spiro atoms. The van der Waals surface area contributed by atoms with Crippen molar-refractivity contribution in [1.82, 2.24) is 4.72 Å². The summed E-state index contributed by atoms with van der Waals surface area (Å²) in [5, 5.41) is 0. The Balaban J connectivity index is 2.83. The Morgan fingerprint density at radius 3 is 2.69 bits per heavy atom. The van der Waals surface area contributed by atoms with Gasteiger partial charge < -0.3 is 5.73 Å². The molecule has 16 heavy (non-hydrogen) atoms. The lowest BCUT2D eigenvalue weighted by atomic mass is 10.2. The van der Waals surface area contributed by atoms with E-state index in [1.165, 1.54) is 0 Å². The van der Waals surface area contributed by atoms with Crippen LogP contribution in [0.25, 0.3) is 0 Å². The average Bonchev–Trinajstić information content (AvgIpc) is 2.20. The van der Waals surface area contributed by atoms with Gasteiger partial charge in [0.15, 0.2) is 0 Å². The molecule has 6 heteroatoms. The van der Waals surface area contributed by atoms with E-state index in [4.69, 9.17) is 5.73 Å². The van der Waals surface area contributed by atoms with Crippen molar-refractivity contribution in [2.75, 3.05) is 17.0 Å². The van der Waals surface area contributed by atoms with Crippen molar-refractivity contribution in [3.63, 3.8) is 0 Å². The van der Waals surface area contributed by atoms with Gasteiger partial charge in [-0.15, -0.1) is 0 Å². The van der Waals surface area contributed by atoms with Crippen LogP contribution in [0.3, 0.4) is 0 Å². The molecule has 90 valence electrons. The van der Waals surface area contributed by atoms with E-state index in [1.807, 2.05) is 13.8 Å². The molecule has 1 aromatic rings. The molecule has 0 aliphatic heterocycles. The highest BCUT2D eigenvalue weighted by Gasteiger charge is 2.10. The highest BCUT2D eigenvalue weighted by atomic mass is 32.2. The Morgan fingerprint density at radius 1 is 1.38 bits per heavy atom. The van der Waals surface area contributed by atoms with Crippen molar-refractivity contribution in [3.8, 4) is 0 Å². The van der Waals surface area contributed by atoms with Crippen LogP contribution in [0.15, 0.2) is 18.2 Å². The summed E-state index contributed by atoms with van der Waals surface area (Å²) in [6, 6.07) is 5.10. The molecule has 0 amide bonds. The first-order valence-corrected chi connectivity index (χ1v) is 6.56. The summed E-state index contributed by atoms with van der Waals surface area (Å²) in [7, 11) is -3.49. The van der Waals surface area contributed by atoms with Gasteiger partial charge in [0.1, 0.15) is 0 Å². The van der Waals surface area contributed by atoms with Crippen molar-refractivity contribution in [3.05, 3.63) is 23.8 Å². The second kappa shape index (κ2) is 5.18. The van der Waals surface area contributed by atoms with Gasteiger partial charge in [0.25, 0.3) is 10.2 Å². The summed E-state index contributed by atoms with van der Waals surface area (Å²) >= 11 is 0. The number of nitrogen functional groups attached to an aromatic ring is 1. The molecule has 0 fully saturated rings. The molecule has 4 N–H and O–H groups in total. The van der Waals surface area contributed by atoms with E-state index in [9.17, 15) is 8.42 Å². The zero-order chi connectivity index (χ0) is 12.2. The zero-order valence-electron chi connectivity index (χ0n) is 9.45. The second-order valence-electron chi connectivity index (χ2n) is 3.57. The molecule has 1 rings (SSSR count). The number of rotatable bonds is 5. The Labute approximate surface area is 96.2 Å². The predicted octanol–water partition coefficient (Wildman–Crippen LogP) is 1.23. The third-order valence-corrected chi connectivity index (χ3v) is 3.12. The highest BCUT2D eigenvalue weighted by molar-refractivity contribution is 7.90. The Hall–Kier alpha value is -1.27. The molecule has 0 saturated heterocycles. The van der Waals surface area contributed by atoms with Crippen molar-refractivity contribution in [2.24, 2.45) is 0 Å². The van der Waals surface area contributed by atoms with Crippen molar-refractivity contribution in [2.45, 2.75) is 20.3 Å². The first kappa shape index (κ1) is 12.8. The SMILES string of the molecule is CCCNS(=O)(=O)Nc1cc(N)ccc1C. The number of hydrogen-bond donors (Lipinski definition) is 3.